The molecule has 0 saturated carbocycles. The second-order valence-corrected chi connectivity index (χ2v) is 3.79. The summed E-state index contributed by atoms with van der Waals surface area (Å²) < 4.78 is 0. The fourth-order valence-corrected chi connectivity index (χ4v) is 1.23. The number of hydrogen-bond donors (Lipinski definition) is 1. The van der Waals surface area contributed by atoms with Crippen molar-refractivity contribution in [3.63, 3.8) is 0 Å². The van der Waals surface area contributed by atoms with E-state index in [1.807, 2.05) is 0 Å². The van der Waals surface area contributed by atoms with Gasteiger partial charge in [0.1, 0.15) is 0 Å². The van der Waals surface area contributed by atoms with E-state index < -0.39 is 11.7 Å². The van der Waals surface area contributed by atoms with Gasteiger partial charge in [-0.05, 0) is 24.3 Å². The van der Waals surface area contributed by atoms with E-state index in [-0.39, 0.29) is 5.91 Å². The number of ketones is 1. The Balaban J connectivity index is 2.84. The predicted octanol–water partition coefficient (Wildman–Crippen LogP) is 0.916. The summed E-state index contributed by atoms with van der Waals surface area (Å²) in [5.41, 5.74) is 0.893. The molecule has 0 radical (unpaired) electrons. The van der Waals surface area contributed by atoms with Crippen LogP contribution in [0.4, 0.5) is 5.69 Å². The first kappa shape index (κ1) is 12.9. The van der Waals surface area contributed by atoms with Crippen LogP contribution in [0.2, 0.25) is 0 Å². The highest BCUT2D eigenvalue weighted by atomic mass is 16.2. The summed E-state index contributed by atoms with van der Waals surface area (Å²) >= 11 is 0. The standard InChI is InChI=1S/C12H14N2O3/c1-8(15)13-10-6-4-9(5-7-10)11(16)12(17)14(2)3/h4-7H,1-3H3,(H,13,15). The van der Waals surface area contributed by atoms with E-state index >= 15 is 0 Å². The third-order valence-electron chi connectivity index (χ3n) is 2.07. The number of carbonyl (C=O) groups is 3. The number of amides is 2. The van der Waals surface area contributed by atoms with Gasteiger partial charge >= 0.3 is 0 Å². The van der Waals surface area contributed by atoms with E-state index in [1.54, 1.807) is 12.1 Å². The van der Waals surface area contributed by atoms with Gasteiger partial charge in [0, 0.05) is 32.3 Å². The van der Waals surface area contributed by atoms with Crippen LogP contribution in [0.25, 0.3) is 0 Å². The largest absolute Gasteiger partial charge is 0.342 e. The van der Waals surface area contributed by atoms with Gasteiger partial charge < -0.3 is 10.2 Å². The molecule has 5 nitrogen and oxygen atoms in total. The first-order valence-electron chi connectivity index (χ1n) is 5.05. The minimum atomic E-state index is -0.572. The number of Topliss-reactive ketones (excluding diaryl/α,β-unsaturated/α-hetero) is 1. The molecular formula is C12H14N2O3. The van der Waals surface area contributed by atoms with Crippen LogP contribution in [0.1, 0.15) is 17.3 Å². The van der Waals surface area contributed by atoms with Crippen molar-refractivity contribution in [2.45, 2.75) is 6.92 Å². The zero-order chi connectivity index (χ0) is 13.0. The number of carbonyl (C=O) groups excluding carboxylic acids is 3. The molecule has 0 aliphatic carbocycles. The van der Waals surface area contributed by atoms with E-state index in [2.05, 4.69) is 5.32 Å². The molecule has 1 aromatic rings. The van der Waals surface area contributed by atoms with Crippen LogP contribution in [0.15, 0.2) is 24.3 Å². The van der Waals surface area contributed by atoms with E-state index in [9.17, 15) is 14.4 Å². The summed E-state index contributed by atoms with van der Waals surface area (Å²) in [4.78, 5) is 35.1. The monoisotopic (exact) mass is 234 g/mol. The minimum Gasteiger partial charge on any atom is -0.342 e. The summed E-state index contributed by atoms with van der Waals surface area (Å²) in [7, 11) is 3.04. The topological polar surface area (TPSA) is 66.5 Å². The normalized spacial score (nSPS) is 9.59. The van der Waals surface area contributed by atoms with Crippen LogP contribution in [0, 0.1) is 0 Å². The Kier molecular flexibility index (Phi) is 3.98. The number of nitrogens with one attached hydrogen (secondary N) is 1. The van der Waals surface area contributed by atoms with E-state index in [0.29, 0.717) is 11.3 Å². The average molecular weight is 234 g/mol. The predicted molar refractivity (Wildman–Crippen MR) is 63.8 cm³/mol. The summed E-state index contributed by atoms with van der Waals surface area (Å²) in [6.45, 7) is 1.40. The Labute approximate surface area is 99.4 Å². The quantitative estimate of drug-likeness (QED) is 0.624. The van der Waals surface area contributed by atoms with Crippen molar-refractivity contribution in [2.24, 2.45) is 0 Å². The third kappa shape index (κ3) is 3.41. The molecule has 0 atom stereocenters. The molecule has 0 aliphatic heterocycles. The van der Waals surface area contributed by atoms with Crippen LogP contribution in [-0.4, -0.2) is 36.6 Å². The van der Waals surface area contributed by atoms with Crippen molar-refractivity contribution < 1.29 is 14.4 Å². The first-order valence-corrected chi connectivity index (χ1v) is 5.05. The highest BCUT2D eigenvalue weighted by Crippen LogP contribution is 2.10. The fourth-order valence-electron chi connectivity index (χ4n) is 1.23. The van der Waals surface area contributed by atoms with Gasteiger partial charge in [-0.25, -0.2) is 0 Å². The lowest BCUT2D eigenvalue weighted by molar-refractivity contribution is -0.124. The maximum Gasteiger partial charge on any atom is 0.294 e. The molecule has 0 bridgehead atoms. The summed E-state index contributed by atoms with van der Waals surface area (Å²) in [5.74, 6) is -1.32. The van der Waals surface area contributed by atoms with E-state index in [1.165, 1.54) is 38.1 Å². The Morgan fingerprint density at radius 3 is 2.00 bits per heavy atom. The number of benzene rings is 1. The van der Waals surface area contributed by atoms with Crippen LogP contribution in [0.5, 0.6) is 0 Å². The molecule has 5 heteroatoms. The van der Waals surface area contributed by atoms with Crippen molar-refractivity contribution in [2.75, 3.05) is 19.4 Å². The minimum absolute atomic E-state index is 0.187. The zero-order valence-corrected chi connectivity index (χ0v) is 9.98. The SMILES string of the molecule is CC(=O)Nc1ccc(C(=O)C(=O)N(C)C)cc1. The number of likely N-dealkylation sites (N-methyl/N-ethyl adjacent to an activating group) is 1. The maximum atomic E-state index is 11.6. The van der Waals surface area contributed by atoms with Crippen LogP contribution >= 0.6 is 0 Å². The summed E-state index contributed by atoms with van der Waals surface area (Å²) in [6, 6.07) is 6.18. The van der Waals surface area contributed by atoms with Gasteiger partial charge in [0.15, 0.2) is 0 Å². The average Bonchev–Trinajstić information content (AvgIpc) is 2.27. The van der Waals surface area contributed by atoms with Crippen molar-refractivity contribution in [1.82, 2.24) is 4.90 Å². The highest BCUT2D eigenvalue weighted by molar-refractivity contribution is 6.42. The van der Waals surface area contributed by atoms with Gasteiger partial charge in [0.25, 0.3) is 5.91 Å². The van der Waals surface area contributed by atoms with Crippen molar-refractivity contribution in [3.05, 3.63) is 29.8 Å². The van der Waals surface area contributed by atoms with Gasteiger partial charge in [0.05, 0.1) is 0 Å². The molecule has 0 heterocycles. The molecular weight excluding hydrogens is 220 g/mol. The van der Waals surface area contributed by atoms with E-state index in [0.717, 1.165) is 0 Å². The molecule has 1 N–H and O–H groups in total. The molecule has 17 heavy (non-hydrogen) atoms. The molecule has 2 amide bonds. The van der Waals surface area contributed by atoms with Crippen molar-refractivity contribution >= 4 is 23.3 Å². The number of rotatable bonds is 3. The lowest BCUT2D eigenvalue weighted by atomic mass is 10.1. The number of anilines is 1. The second kappa shape index (κ2) is 5.25. The lowest BCUT2D eigenvalue weighted by Crippen LogP contribution is -2.29. The number of nitrogens with zero attached hydrogens (tertiary/aromatic N) is 1. The molecule has 0 spiro atoms. The molecule has 1 aromatic carbocycles. The van der Waals surface area contributed by atoms with Gasteiger partial charge in [-0.3, -0.25) is 14.4 Å². The molecule has 0 aromatic heterocycles. The maximum absolute atomic E-state index is 11.6. The summed E-state index contributed by atoms with van der Waals surface area (Å²) in [6.07, 6.45) is 0. The fraction of sp³-hybridized carbons (Fsp3) is 0.250. The highest BCUT2D eigenvalue weighted by Gasteiger charge is 2.17. The smallest absolute Gasteiger partial charge is 0.294 e. The van der Waals surface area contributed by atoms with Crippen molar-refractivity contribution in [3.8, 4) is 0 Å². The van der Waals surface area contributed by atoms with Gasteiger partial charge in [-0.2, -0.15) is 0 Å². The molecule has 1 rings (SSSR count). The van der Waals surface area contributed by atoms with Crippen LogP contribution in [-0.2, 0) is 9.59 Å². The van der Waals surface area contributed by atoms with Gasteiger partial charge in [-0.1, -0.05) is 0 Å². The second-order valence-electron chi connectivity index (χ2n) is 3.79. The molecule has 0 unspecified atom stereocenters. The number of hydrogen-bond acceptors (Lipinski definition) is 3. The Bertz CT molecular complexity index is 449. The van der Waals surface area contributed by atoms with Gasteiger partial charge in [0.2, 0.25) is 11.7 Å². The zero-order valence-electron chi connectivity index (χ0n) is 9.98. The van der Waals surface area contributed by atoms with E-state index in [4.69, 9.17) is 0 Å². The molecule has 90 valence electrons. The van der Waals surface area contributed by atoms with Crippen LogP contribution in [0.3, 0.4) is 0 Å². The summed E-state index contributed by atoms with van der Waals surface area (Å²) in [5, 5.41) is 2.58. The molecule has 0 fully saturated rings. The first-order chi connectivity index (χ1) is 7.91. The van der Waals surface area contributed by atoms with Gasteiger partial charge in [-0.15, -0.1) is 0 Å². The van der Waals surface area contributed by atoms with Crippen molar-refractivity contribution in [1.29, 1.82) is 0 Å². The Hall–Kier alpha value is -2.17. The molecule has 0 saturated heterocycles. The van der Waals surface area contributed by atoms with Crippen LogP contribution < -0.4 is 5.32 Å². The Morgan fingerprint density at radius 1 is 1.06 bits per heavy atom. The third-order valence-corrected chi connectivity index (χ3v) is 2.07. The lowest BCUT2D eigenvalue weighted by Gasteiger charge is -2.09. The molecule has 0 aliphatic rings. The Morgan fingerprint density at radius 2 is 1.59 bits per heavy atom.